The number of hydrogen-bond acceptors (Lipinski definition) is 5. The number of carbonyl (C=O) groups is 1. The number of benzene rings is 1. The van der Waals surface area contributed by atoms with Crippen molar-refractivity contribution in [2.45, 2.75) is 20.1 Å². The van der Waals surface area contributed by atoms with Crippen molar-refractivity contribution in [3.63, 3.8) is 0 Å². The van der Waals surface area contributed by atoms with Crippen LogP contribution in [0.2, 0.25) is 0 Å². The molecular formula is C15H18N2O4. The third-order valence-corrected chi connectivity index (χ3v) is 2.85. The molecule has 0 saturated carbocycles. The third-order valence-electron chi connectivity index (χ3n) is 2.85. The lowest BCUT2D eigenvalue weighted by Gasteiger charge is -2.12. The summed E-state index contributed by atoms with van der Waals surface area (Å²) in [7, 11) is 1.58. The van der Waals surface area contributed by atoms with Gasteiger partial charge >= 0.3 is 0 Å². The van der Waals surface area contributed by atoms with Crippen LogP contribution in [0.1, 0.15) is 18.4 Å². The van der Waals surface area contributed by atoms with Crippen LogP contribution in [-0.2, 0) is 17.9 Å². The van der Waals surface area contributed by atoms with Crippen molar-refractivity contribution in [3.05, 3.63) is 41.9 Å². The first-order valence-corrected chi connectivity index (χ1v) is 6.50. The fourth-order valence-electron chi connectivity index (χ4n) is 1.91. The molecule has 3 N–H and O–H groups in total. The molecule has 1 heterocycles. The topological polar surface area (TPSA) is 83.7 Å². The summed E-state index contributed by atoms with van der Waals surface area (Å²) in [4.78, 5) is 11.1. The minimum absolute atomic E-state index is 0.124. The molecule has 1 amide bonds. The van der Waals surface area contributed by atoms with Crippen LogP contribution in [0, 0.1) is 0 Å². The van der Waals surface area contributed by atoms with Gasteiger partial charge in [-0.1, -0.05) is 0 Å². The molecule has 0 bridgehead atoms. The Bertz CT molecular complexity index is 622. The number of nitrogens with one attached hydrogen (secondary N) is 2. The number of hydrogen-bond donors (Lipinski definition) is 3. The van der Waals surface area contributed by atoms with Crippen LogP contribution in [0.4, 0.5) is 11.4 Å². The standard InChI is InChI=1S/C15H18N2O4/c1-10(19)17-11-3-6-15(20-2)14(7-11)16-8-12-4-5-13(9-18)21-12/h3-7,16,18H,8-9H2,1-2H3,(H,17,19). The maximum atomic E-state index is 11.1. The van der Waals surface area contributed by atoms with Gasteiger partial charge in [0.2, 0.25) is 5.91 Å². The van der Waals surface area contributed by atoms with Gasteiger partial charge in [-0.3, -0.25) is 4.79 Å². The van der Waals surface area contributed by atoms with Gasteiger partial charge in [0.25, 0.3) is 0 Å². The first-order valence-electron chi connectivity index (χ1n) is 6.50. The molecule has 112 valence electrons. The normalized spacial score (nSPS) is 10.2. The first-order chi connectivity index (χ1) is 10.1. The Morgan fingerprint density at radius 2 is 2.05 bits per heavy atom. The summed E-state index contributed by atoms with van der Waals surface area (Å²) in [5, 5.41) is 14.9. The van der Waals surface area contributed by atoms with Crippen LogP contribution in [0.3, 0.4) is 0 Å². The van der Waals surface area contributed by atoms with E-state index in [2.05, 4.69) is 10.6 Å². The summed E-state index contributed by atoms with van der Waals surface area (Å²) in [5.41, 5.74) is 1.42. The van der Waals surface area contributed by atoms with Crippen molar-refractivity contribution in [2.75, 3.05) is 17.7 Å². The molecule has 0 saturated heterocycles. The van der Waals surface area contributed by atoms with Gasteiger partial charge in [-0.2, -0.15) is 0 Å². The minimum Gasteiger partial charge on any atom is -0.495 e. The Balaban J connectivity index is 2.11. The summed E-state index contributed by atoms with van der Waals surface area (Å²) in [6.45, 7) is 1.78. The maximum Gasteiger partial charge on any atom is 0.221 e. The zero-order valence-electron chi connectivity index (χ0n) is 12.0. The summed E-state index contributed by atoms with van der Waals surface area (Å²) in [6.07, 6.45) is 0. The number of anilines is 2. The minimum atomic E-state index is -0.135. The molecule has 0 fully saturated rings. The van der Waals surface area contributed by atoms with Gasteiger partial charge in [-0.25, -0.2) is 0 Å². The lowest BCUT2D eigenvalue weighted by molar-refractivity contribution is -0.114. The van der Waals surface area contributed by atoms with Crippen LogP contribution >= 0.6 is 0 Å². The van der Waals surface area contributed by atoms with Gasteiger partial charge in [0.05, 0.1) is 19.3 Å². The average molecular weight is 290 g/mol. The maximum absolute atomic E-state index is 11.1. The number of furan rings is 1. The molecule has 6 nitrogen and oxygen atoms in total. The summed E-state index contributed by atoms with van der Waals surface area (Å²) in [5.74, 6) is 1.75. The van der Waals surface area contributed by atoms with Crippen molar-refractivity contribution in [2.24, 2.45) is 0 Å². The molecule has 0 unspecified atom stereocenters. The average Bonchev–Trinajstić information content (AvgIpc) is 2.92. The number of methoxy groups -OCH3 is 1. The van der Waals surface area contributed by atoms with E-state index in [1.165, 1.54) is 6.92 Å². The second-order valence-electron chi connectivity index (χ2n) is 4.48. The van der Waals surface area contributed by atoms with Gasteiger partial charge < -0.3 is 24.9 Å². The van der Waals surface area contributed by atoms with E-state index in [1.54, 1.807) is 37.4 Å². The highest BCUT2D eigenvalue weighted by Crippen LogP contribution is 2.28. The Morgan fingerprint density at radius 3 is 2.67 bits per heavy atom. The molecule has 2 aromatic rings. The molecule has 0 aliphatic rings. The zero-order chi connectivity index (χ0) is 15.2. The molecule has 0 aliphatic heterocycles. The monoisotopic (exact) mass is 290 g/mol. The van der Waals surface area contributed by atoms with Crippen LogP contribution in [0.25, 0.3) is 0 Å². The Labute approximate surface area is 122 Å². The first kappa shape index (κ1) is 14.9. The van der Waals surface area contributed by atoms with E-state index < -0.39 is 0 Å². The number of rotatable bonds is 6. The van der Waals surface area contributed by atoms with Crippen molar-refractivity contribution in [3.8, 4) is 5.75 Å². The molecule has 1 aromatic heterocycles. The van der Waals surface area contributed by atoms with Crippen LogP contribution in [0.5, 0.6) is 5.75 Å². The SMILES string of the molecule is COc1ccc(NC(C)=O)cc1NCc1ccc(CO)o1. The molecule has 6 heteroatoms. The highest BCUT2D eigenvalue weighted by molar-refractivity contribution is 5.89. The predicted molar refractivity (Wildman–Crippen MR) is 79.3 cm³/mol. The van der Waals surface area contributed by atoms with Gasteiger partial charge in [0.15, 0.2) is 0 Å². The third kappa shape index (κ3) is 4.00. The van der Waals surface area contributed by atoms with E-state index in [4.69, 9.17) is 14.3 Å². The number of ether oxygens (including phenoxy) is 1. The van der Waals surface area contributed by atoms with Gasteiger partial charge in [-0.15, -0.1) is 0 Å². The summed E-state index contributed by atoms with van der Waals surface area (Å²) in [6, 6.07) is 8.85. The van der Waals surface area contributed by atoms with E-state index in [9.17, 15) is 4.79 Å². The largest absolute Gasteiger partial charge is 0.495 e. The smallest absolute Gasteiger partial charge is 0.221 e. The van der Waals surface area contributed by atoms with Gasteiger partial charge in [-0.05, 0) is 30.3 Å². The number of amides is 1. The summed E-state index contributed by atoms with van der Waals surface area (Å²) >= 11 is 0. The Kier molecular flexibility index (Phi) is 4.84. The van der Waals surface area contributed by atoms with Crippen LogP contribution < -0.4 is 15.4 Å². The van der Waals surface area contributed by atoms with Crippen LogP contribution in [-0.4, -0.2) is 18.1 Å². The highest BCUT2D eigenvalue weighted by Gasteiger charge is 2.07. The Hall–Kier alpha value is -2.47. The zero-order valence-corrected chi connectivity index (χ0v) is 12.0. The van der Waals surface area contributed by atoms with Gasteiger partial charge in [0.1, 0.15) is 23.9 Å². The molecule has 0 radical (unpaired) electrons. The van der Waals surface area contributed by atoms with Crippen molar-refractivity contribution in [1.82, 2.24) is 0 Å². The Morgan fingerprint density at radius 1 is 1.29 bits per heavy atom. The van der Waals surface area contributed by atoms with E-state index in [0.717, 1.165) is 5.69 Å². The van der Waals surface area contributed by atoms with E-state index >= 15 is 0 Å². The quantitative estimate of drug-likeness (QED) is 0.760. The lowest BCUT2D eigenvalue weighted by atomic mass is 10.2. The van der Waals surface area contributed by atoms with E-state index in [-0.39, 0.29) is 12.5 Å². The molecule has 0 aliphatic carbocycles. The van der Waals surface area contributed by atoms with Gasteiger partial charge in [0, 0.05) is 12.6 Å². The highest BCUT2D eigenvalue weighted by atomic mass is 16.5. The van der Waals surface area contributed by atoms with Crippen molar-refractivity contribution in [1.29, 1.82) is 0 Å². The number of aliphatic hydroxyl groups excluding tert-OH is 1. The van der Waals surface area contributed by atoms with Crippen molar-refractivity contribution >= 4 is 17.3 Å². The second kappa shape index (κ2) is 6.81. The summed E-state index contributed by atoms with van der Waals surface area (Å²) < 4.78 is 10.7. The van der Waals surface area contributed by atoms with Crippen LogP contribution in [0.15, 0.2) is 34.7 Å². The fraction of sp³-hybridized carbons (Fsp3) is 0.267. The van der Waals surface area contributed by atoms with Crippen molar-refractivity contribution < 1.29 is 19.1 Å². The second-order valence-corrected chi connectivity index (χ2v) is 4.48. The molecule has 0 spiro atoms. The van der Waals surface area contributed by atoms with E-state index in [1.807, 2.05) is 0 Å². The molecular weight excluding hydrogens is 272 g/mol. The lowest BCUT2D eigenvalue weighted by Crippen LogP contribution is -2.07. The molecule has 0 atom stereocenters. The van der Waals surface area contributed by atoms with E-state index in [0.29, 0.717) is 29.5 Å². The molecule has 1 aromatic carbocycles. The molecule has 2 rings (SSSR count). The number of carbonyl (C=O) groups excluding carboxylic acids is 1. The fourth-order valence-corrected chi connectivity index (χ4v) is 1.91. The molecule has 21 heavy (non-hydrogen) atoms. The predicted octanol–water partition coefficient (Wildman–Crippen LogP) is 2.35. The number of aliphatic hydroxyl groups is 1.